The number of aryl methyl sites for hydroxylation is 4. The topological polar surface area (TPSA) is 170 Å². The van der Waals surface area contributed by atoms with Crippen molar-refractivity contribution in [3.8, 4) is 17.0 Å². The summed E-state index contributed by atoms with van der Waals surface area (Å²) in [4.78, 5) is 59.2. The van der Waals surface area contributed by atoms with Crippen molar-refractivity contribution in [2.24, 2.45) is 11.7 Å². The van der Waals surface area contributed by atoms with E-state index in [1.54, 1.807) is 18.1 Å². The standard InChI is InChI=1S/C49H56N10O5/c1-31-5-4-6-41(64-3)43(31)48(62)51-29-36-8-7-35(27-32(36)2)45-44(46(50)61)47-52-40-14-13-39(28-34(40)17-22-59(47)54-45)57-25-23-55(24-26-57)30-33-15-19-56(20-16-33)37-9-11-38(12-10-37)58-21-18-42(60)53-49(58)63/h4-14,27-28,33,52H,15-26,29-30H2,1-3H3,(H2,50,61)(H,51,62)(H,53,60,63). The van der Waals surface area contributed by atoms with E-state index in [0.29, 0.717) is 60.4 Å². The first kappa shape index (κ1) is 42.4. The fraction of sp³-hybridized carbons (Fsp3) is 0.367. The van der Waals surface area contributed by atoms with Crippen molar-refractivity contribution >= 4 is 52.3 Å². The highest BCUT2D eigenvalue weighted by Gasteiger charge is 2.29. The molecule has 1 aromatic heterocycles. The maximum absolute atomic E-state index is 13.1. The first-order valence-electron chi connectivity index (χ1n) is 22.3. The van der Waals surface area contributed by atoms with Crippen LogP contribution in [0.25, 0.3) is 11.3 Å². The number of fused-ring (bicyclic) bond motifs is 2. The Balaban J connectivity index is 0.784. The van der Waals surface area contributed by atoms with Gasteiger partial charge in [-0.15, -0.1) is 0 Å². The van der Waals surface area contributed by atoms with Gasteiger partial charge in [0.25, 0.3) is 11.8 Å². The normalized spacial score (nSPS) is 17.0. The van der Waals surface area contributed by atoms with Gasteiger partial charge in [-0.25, -0.2) is 9.48 Å². The van der Waals surface area contributed by atoms with Crippen LogP contribution < -0.4 is 41.1 Å². The summed E-state index contributed by atoms with van der Waals surface area (Å²) in [5.41, 5.74) is 16.3. The molecule has 4 aliphatic rings. The molecule has 332 valence electrons. The number of methoxy groups -OCH3 is 1. The van der Waals surface area contributed by atoms with Gasteiger partial charge in [0.1, 0.15) is 22.8 Å². The van der Waals surface area contributed by atoms with Crippen LogP contribution >= 0.6 is 0 Å². The van der Waals surface area contributed by atoms with Crippen LogP contribution in [0, 0.1) is 19.8 Å². The lowest BCUT2D eigenvalue weighted by molar-refractivity contribution is -0.120. The number of aromatic nitrogens is 2. The van der Waals surface area contributed by atoms with Gasteiger partial charge in [-0.05, 0) is 116 Å². The van der Waals surface area contributed by atoms with Crippen LogP contribution in [-0.2, 0) is 24.3 Å². The lowest BCUT2D eigenvalue weighted by atomic mass is 9.95. The van der Waals surface area contributed by atoms with Crippen molar-refractivity contribution in [3.05, 3.63) is 112 Å². The largest absolute Gasteiger partial charge is 0.496 e. The number of ether oxygens (including phenoxy) is 1. The minimum Gasteiger partial charge on any atom is -0.496 e. The molecule has 0 saturated carbocycles. The van der Waals surface area contributed by atoms with Crippen LogP contribution in [0.15, 0.2) is 78.9 Å². The molecule has 15 heteroatoms. The predicted octanol–water partition coefficient (Wildman–Crippen LogP) is 5.99. The number of hydrogen-bond acceptors (Lipinski definition) is 10. The number of nitrogens with one attached hydrogen (secondary N) is 3. The Morgan fingerprint density at radius 1 is 0.781 bits per heavy atom. The van der Waals surface area contributed by atoms with Gasteiger partial charge < -0.3 is 30.9 Å². The highest BCUT2D eigenvalue weighted by atomic mass is 16.5. The van der Waals surface area contributed by atoms with Gasteiger partial charge in [0.05, 0.1) is 12.7 Å². The number of piperidine rings is 1. The molecular formula is C49H56N10O5. The van der Waals surface area contributed by atoms with Gasteiger partial charge in [0.2, 0.25) is 5.91 Å². The summed E-state index contributed by atoms with van der Waals surface area (Å²) >= 11 is 0. The number of nitrogens with zero attached hydrogens (tertiary/aromatic N) is 6. The van der Waals surface area contributed by atoms with E-state index in [-0.39, 0.29) is 17.8 Å². The average molecular weight is 865 g/mol. The third kappa shape index (κ3) is 8.72. The molecule has 5 N–H and O–H groups in total. The number of urea groups is 1. The lowest BCUT2D eigenvalue weighted by Gasteiger charge is -2.40. The molecular weight excluding hydrogens is 809 g/mol. The first-order chi connectivity index (χ1) is 31.0. The van der Waals surface area contributed by atoms with E-state index >= 15 is 0 Å². The van der Waals surface area contributed by atoms with E-state index in [1.807, 2.05) is 61.0 Å². The summed E-state index contributed by atoms with van der Waals surface area (Å²) in [6, 6.07) is 25.7. The van der Waals surface area contributed by atoms with Crippen molar-refractivity contribution in [1.82, 2.24) is 25.3 Å². The van der Waals surface area contributed by atoms with Gasteiger partial charge >= 0.3 is 6.03 Å². The molecule has 5 aromatic rings. The van der Waals surface area contributed by atoms with E-state index in [0.717, 1.165) is 98.7 Å². The fourth-order valence-electron chi connectivity index (χ4n) is 9.63. The van der Waals surface area contributed by atoms with Gasteiger partial charge in [-0.3, -0.25) is 29.5 Å². The number of benzene rings is 4. The van der Waals surface area contributed by atoms with Crippen molar-refractivity contribution in [2.75, 3.05) is 79.5 Å². The van der Waals surface area contributed by atoms with E-state index < -0.39 is 5.91 Å². The number of primary amides is 1. The lowest BCUT2D eigenvalue weighted by Crippen LogP contribution is -2.49. The summed E-state index contributed by atoms with van der Waals surface area (Å²) in [5, 5.41) is 13.9. The summed E-state index contributed by atoms with van der Waals surface area (Å²) < 4.78 is 7.29. The third-order valence-electron chi connectivity index (χ3n) is 13.3. The van der Waals surface area contributed by atoms with Crippen LogP contribution in [0.4, 0.5) is 33.4 Å². The number of rotatable bonds is 11. The predicted molar refractivity (Wildman–Crippen MR) is 249 cm³/mol. The second-order valence-electron chi connectivity index (χ2n) is 17.3. The van der Waals surface area contributed by atoms with E-state index in [1.165, 1.54) is 16.9 Å². The molecule has 4 aliphatic heterocycles. The summed E-state index contributed by atoms with van der Waals surface area (Å²) in [6.45, 7) is 12.3. The molecule has 0 bridgehead atoms. The van der Waals surface area contributed by atoms with Gasteiger partial charge in [-0.2, -0.15) is 5.10 Å². The SMILES string of the molecule is COc1cccc(C)c1C(=O)NCc1ccc(-c2nn3c(c2C(N)=O)Nc2ccc(N4CCN(CC5CCN(c6ccc(N7CCC(=O)NC7=O)cc6)CC5)CC4)cc2CC3)cc1C. The van der Waals surface area contributed by atoms with Crippen LogP contribution in [0.3, 0.4) is 0 Å². The summed E-state index contributed by atoms with van der Waals surface area (Å²) in [5.74, 6) is 0.802. The monoisotopic (exact) mass is 864 g/mol. The number of nitrogens with two attached hydrogens (primary N) is 1. The van der Waals surface area contributed by atoms with Crippen LogP contribution in [-0.4, -0.2) is 97.9 Å². The summed E-state index contributed by atoms with van der Waals surface area (Å²) in [7, 11) is 1.56. The molecule has 3 saturated heterocycles. The zero-order chi connectivity index (χ0) is 44.5. The third-order valence-corrected chi connectivity index (χ3v) is 13.3. The Morgan fingerprint density at radius 2 is 1.52 bits per heavy atom. The highest BCUT2D eigenvalue weighted by Crippen LogP contribution is 2.37. The molecule has 5 heterocycles. The number of piperazine rings is 1. The van der Waals surface area contributed by atoms with E-state index in [2.05, 4.69) is 61.0 Å². The molecule has 64 heavy (non-hydrogen) atoms. The number of amides is 5. The van der Waals surface area contributed by atoms with Crippen LogP contribution in [0.5, 0.6) is 5.75 Å². The molecule has 9 rings (SSSR count). The Labute approximate surface area is 373 Å². The molecule has 3 fully saturated rings. The molecule has 0 radical (unpaired) electrons. The smallest absolute Gasteiger partial charge is 0.328 e. The molecule has 5 amide bonds. The molecule has 0 atom stereocenters. The second-order valence-corrected chi connectivity index (χ2v) is 17.3. The van der Waals surface area contributed by atoms with Crippen molar-refractivity contribution < 1.29 is 23.9 Å². The number of hydrogen-bond donors (Lipinski definition) is 4. The Morgan fingerprint density at radius 3 is 2.23 bits per heavy atom. The molecule has 0 spiro atoms. The maximum Gasteiger partial charge on any atom is 0.328 e. The van der Waals surface area contributed by atoms with Crippen molar-refractivity contribution in [1.29, 1.82) is 0 Å². The Bertz CT molecular complexity index is 2590. The zero-order valence-corrected chi connectivity index (χ0v) is 36.8. The number of anilines is 5. The number of carbonyl (C=O) groups excluding carboxylic acids is 4. The van der Waals surface area contributed by atoms with Crippen LogP contribution in [0.1, 0.15) is 62.2 Å². The van der Waals surface area contributed by atoms with Gasteiger partial charge in [0, 0.05) is 100 Å². The van der Waals surface area contributed by atoms with Gasteiger partial charge in [-0.1, -0.05) is 24.3 Å². The zero-order valence-electron chi connectivity index (χ0n) is 36.8. The minimum atomic E-state index is -0.551. The van der Waals surface area contributed by atoms with E-state index in [4.69, 9.17) is 15.6 Å². The van der Waals surface area contributed by atoms with Crippen molar-refractivity contribution in [2.45, 2.75) is 52.6 Å². The first-order valence-corrected chi connectivity index (χ1v) is 22.3. The molecule has 0 unspecified atom stereocenters. The maximum atomic E-state index is 13.1. The van der Waals surface area contributed by atoms with E-state index in [9.17, 15) is 19.2 Å². The average Bonchev–Trinajstić information content (AvgIpc) is 3.57. The summed E-state index contributed by atoms with van der Waals surface area (Å²) in [6.07, 6.45) is 3.35. The molecule has 4 aromatic carbocycles. The quantitative estimate of drug-likeness (QED) is 0.124. The van der Waals surface area contributed by atoms with Gasteiger partial charge in [0.15, 0.2) is 0 Å². The second kappa shape index (κ2) is 18.1. The van der Waals surface area contributed by atoms with Crippen molar-refractivity contribution in [3.63, 3.8) is 0 Å². The molecule has 0 aliphatic carbocycles. The Hall–Kier alpha value is -6.87. The minimum absolute atomic E-state index is 0.206. The number of imide groups is 1. The molecule has 15 nitrogen and oxygen atoms in total. The fourth-order valence-corrected chi connectivity index (χ4v) is 9.63. The highest BCUT2D eigenvalue weighted by molar-refractivity contribution is 6.06. The van der Waals surface area contributed by atoms with Crippen LogP contribution in [0.2, 0.25) is 0 Å². The number of carbonyl (C=O) groups is 4. The Kier molecular flexibility index (Phi) is 12.0.